The van der Waals surface area contributed by atoms with Crippen LogP contribution in [0.3, 0.4) is 0 Å². The zero-order valence-electron chi connectivity index (χ0n) is 10.8. The molecule has 0 aromatic carbocycles. The molecule has 0 radical (unpaired) electrons. The molecule has 0 spiro atoms. The number of aromatic nitrogens is 1. The summed E-state index contributed by atoms with van der Waals surface area (Å²) in [5.41, 5.74) is 0.409. The fourth-order valence-corrected chi connectivity index (χ4v) is 2.38. The van der Waals surface area contributed by atoms with Crippen molar-refractivity contribution in [2.75, 3.05) is 6.54 Å². The third-order valence-corrected chi connectivity index (χ3v) is 3.60. The highest BCUT2D eigenvalue weighted by Gasteiger charge is 2.16. The van der Waals surface area contributed by atoms with Crippen molar-refractivity contribution in [3.8, 4) is 0 Å². The van der Waals surface area contributed by atoms with E-state index < -0.39 is 0 Å². The first-order valence-corrected chi connectivity index (χ1v) is 7.11. The maximum absolute atomic E-state index is 4.27. The van der Waals surface area contributed by atoms with Gasteiger partial charge in [0.2, 0.25) is 0 Å². The lowest BCUT2D eigenvalue weighted by molar-refractivity contribution is 0.302. The Bertz CT molecular complexity index is 267. The molecule has 2 nitrogen and oxygen atoms in total. The van der Waals surface area contributed by atoms with E-state index in [9.17, 15) is 0 Å². The maximum atomic E-state index is 4.27. The fourth-order valence-electron chi connectivity index (χ4n) is 1.79. The molecule has 1 aromatic heterocycles. The first kappa shape index (κ1) is 13.7. The second-order valence-corrected chi connectivity index (χ2v) is 6.13. The Hall–Kier alpha value is -0.410. The minimum atomic E-state index is 0.409. The van der Waals surface area contributed by atoms with Gasteiger partial charge in [-0.3, -0.25) is 0 Å². The van der Waals surface area contributed by atoms with Crippen LogP contribution < -0.4 is 5.32 Å². The number of rotatable bonds is 8. The Morgan fingerprint density at radius 1 is 1.38 bits per heavy atom. The molecule has 0 bridgehead atoms. The molecule has 0 aliphatic heterocycles. The predicted octanol–water partition coefficient (Wildman–Crippen LogP) is 3.84. The molecule has 1 aromatic rings. The molecule has 92 valence electrons. The van der Waals surface area contributed by atoms with Crippen LogP contribution in [0, 0.1) is 5.41 Å². The number of hydrogen-bond donors (Lipinski definition) is 1. The first-order chi connectivity index (χ1) is 7.64. The Balaban J connectivity index is 2.14. The van der Waals surface area contributed by atoms with Gasteiger partial charge in [-0.15, -0.1) is 11.3 Å². The normalized spacial score (nSPS) is 11.9. The van der Waals surface area contributed by atoms with E-state index in [1.54, 1.807) is 11.3 Å². The van der Waals surface area contributed by atoms with E-state index in [2.05, 4.69) is 31.1 Å². The second kappa shape index (κ2) is 7.02. The van der Waals surface area contributed by atoms with Crippen molar-refractivity contribution in [2.45, 2.75) is 53.0 Å². The van der Waals surface area contributed by atoms with E-state index in [4.69, 9.17) is 0 Å². The molecule has 0 fully saturated rings. The highest BCUT2D eigenvalue weighted by atomic mass is 32.1. The zero-order valence-corrected chi connectivity index (χ0v) is 11.6. The van der Waals surface area contributed by atoms with Gasteiger partial charge >= 0.3 is 0 Å². The molecule has 0 aliphatic carbocycles. The zero-order chi connectivity index (χ0) is 11.9. The lowest BCUT2D eigenvalue weighted by Crippen LogP contribution is -2.29. The van der Waals surface area contributed by atoms with Gasteiger partial charge in [0.25, 0.3) is 0 Å². The molecule has 3 heteroatoms. The summed E-state index contributed by atoms with van der Waals surface area (Å²) in [7, 11) is 0. The molecule has 1 rings (SSSR count). The molecule has 0 unspecified atom stereocenters. The molecule has 0 atom stereocenters. The van der Waals surface area contributed by atoms with Crippen molar-refractivity contribution < 1.29 is 0 Å². The van der Waals surface area contributed by atoms with Gasteiger partial charge in [0.15, 0.2) is 0 Å². The summed E-state index contributed by atoms with van der Waals surface area (Å²) in [6, 6.07) is 0. The van der Waals surface area contributed by atoms with Crippen molar-refractivity contribution >= 4 is 11.3 Å². The lowest BCUT2D eigenvalue weighted by atomic mass is 9.87. The number of hydrogen-bond acceptors (Lipinski definition) is 3. The minimum Gasteiger partial charge on any atom is -0.310 e. The number of unbranched alkanes of at least 4 members (excludes halogenated alkanes) is 2. The molecule has 1 heterocycles. The Morgan fingerprint density at radius 3 is 2.81 bits per heavy atom. The summed E-state index contributed by atoms with van der Waals surface area (Å²) in [4.78, 5) is 4.27. The molecule has 0 saturated carbocycles. The smallest absolute Gasteiger partial charge is 0.106 e. The van der Waals surface area contributed by atoms with Crippen LogP contribution >= 0.6 is 11.3 Å². The highest BCUT2D eigenvalue weighted by molar-refractivity contribution is 7.09. The summed E-state index contributed by atoms with van der Waals surface area (Å²) in [5.74, 6) is 0. The van der Waals surface area contributed by atoms with Gasteiger partial charge < -0.3 is 5.32 Å². The van der Waals surface area contributed by atoms with E-state index in [0.29, 0.717) is 5.41 Å². The third-order valence-electron chi connectivity index (χ3n) is 2.82. The molecule has 0 saturated heterocycles. The van der Waals surface area contributed by atoms with E-state index in [1.807, 2.05) is 11.6 Å². The topological polar surface area (TPSA) is 24.9 Å². The van der Waals surface area contributed by atoms with Gasteiger partial charge in [-0.2, -0.15) is 0 Å². The maximum Gasteiger partial charge on any atom is 0.106 e. The molecule has 0 amide bonds. The highest BCUT2D eigenvalue weighted by Crippen LogP contribution is 2.22. The van der Waals surface area contributed by atoms with Gasteiger partial charge in [-0.05, 0) is 11.8 Å². The molecular formula is C13H24N2S. The van der Waals surface area contributed by atoms with Crippen molar-refractivity contribution in [1.29, 1.82) is 0 Å². The Kier molecular flexibility index (Phi) is 5.99. The van der Waals surface area contributed by atoms with Crippen LogP contribution in [0.15, 0.2) is 11.6 Å². The van der Waals surface area contributed by atoms with Gasteiger partial charge in [0, 0.05) is 24.7 Å². The molecular weight excluding hydrogens is 216 g/mol. The molecule has 0 aliphatic rings. The fraction of sp³-hybridized carbons (Fsp3) is 0.769. The van der Waals surface area contributed by atoms with Crippen LogP contribution in [0.2, 0.25) is 0 Å². The van der Waals surface area contributed by atoms with E-state index in [0.717, 1.165) is 13.1 Å². The summed E-state index contributed by atoms with van der Waals surface area (Å²) >= 11 is 1.72. The monoisotopic (exact) mass is 240 g/mol. The van der Waals surface area contributed by atoms with Crippen molar-refractivity contribution in [1.82, 2.24) is 10.3 Å². The van der Waals surface area contributed by atoms with Gasteiger partial charge in [0.1, 0.15) is 5.01 Å². The summed E-state index contributed by atoms with van der Waals surface area (Å²) in [6.45, 7) is 8.94. The summed E-state index contributed by atoms with van der Waals surface area (Å²) in [5, 5.41) is 6.72. The van der Waals surface area contributed by atoms with Gasteiger partial charge in [-0.25, -0.2) is 4.98 Å². The number of thiazole rings is 1. The summed E-state index contributed by atoms with van der Waals surface area (Å²) < 4.78 is 0. The van der Waals surface area contributed by atoms with E-state index in [1.165, 1.54) is 30.7 Å². The summed E-state index contributed by atoms with van der Waals surface area (Å²) in [6.07, 6.45) is 7.20. The lowest BCUT2D eigenvalue weighted by Gasteiger charge is -2.24. The van der Waals surface area contributed by atoms with Gasteiger partial charge in [0.05, 0.1) is 0 Å². The SMILES string of the molecule is CCCCCC(C)(C)CNCc1nccs1. The van der Waals surface area contributed by atoms with Gasteiger partial charge in [-0.1, -0.05) is 40.0 Å². The standard InChI is InChI=1S/C13H24N2S/c1-4-5-6-7-13(2,3)11-14-10-12-15-8-9-16-12/h8-9,14H,4-7,10-11H2,1-3H3. The second-order valence-electron chi connectivity index (χ2n) is 5.15. The minimum absolute atomic E-state index is 0.409. The van der Waals surface area contributed by atoms with Crippen LogP contribution in [0.5, 0.6) is 0 Å². The average molecular weight is 240 g/mol. The largest absolute Gasteiger partial charge is 0.310 e. The van der Waals surface area contributed by atoms with Crippen LogP contribution in [-0.4, -0.2) is 11.5 Å². The first-order valence-electron chi connectivity index (χ1n) is 6.23. The predicted molar refractivity (Wildman–Crippen MR) is 71.7 cm³/mol. The quantitative estimate of drug-likeness (QED) is 0.698. The van der Waals surface area contributed by atoms with Crippen molar-refractivity contribution in [3.05, 3.63) is 16.6 Å². The van der Waals surface area contributed by atoms with Crippen LogP contribution in [0.1, 0.15) is 51.5 Å². The van der Waals surface area contributed by atoms with Crippen molar-refractivity contribution in [2.24, 2.45) is 5.41 Å². The number of nitrogens with zero attached hydrogens (tertiary/aromatic N) is 1. The Labute approximate surface area is 103 Å². The van der Waals surface area contributed by atoms with E-state index >= 15 is 0 Å². The van der Waals surface area contributed by atoms with Crippen molar-refractivity contribution in [3.63, 3.8) is 0 Å². The average Bonchev–Trinajstić information content (AvgIpc) is 2.70. The van der Waals surface area contributed by atoms with Crippen LogP contribution in [0.25, 0.3) is 0 Å². The molecule has 1 N–H and O–H groups in total. The van der Waals surface area contributed by atoms with Crippen LogP contribution in [0.4, 0.5) is 0 Å². The third kappa shape index (κ3) is 5.61. The number of nitrogens with one attached hydrogen (secondary N) is 1. The molecule has 16 heavy (non-hydrogen) atoms. The Morgan fingerprint density at radius 2 is 2.19 bits per heavy atom. The van der Waals surface area contributed by atoms with E-state index in [-0.39, 0.29) is 0 Å². The van der Waals surface area contributed by atoms with Crippen LogP contribution in [-0.2, 0) is 6.54 Å².